The van der Waals surface area contributed by atoms with Crippen molar-refractivity contribution in [2.75, 3.05) is 10.2 Å². The number of hydrogen-bond acceptors (Lipinski definition) is 4. The summed E-state index contributed by atoms with van der Waals surface area (Å²) in [7, 11) is 0. The van der Waals surface area contributed by atoms with Crippen molar-refractivity contribution in [3.05, 3.63) is 95.7 Å². The Hall–Kier alpha value is -3.86. The molecule has 156 valence electrons. The fraction of sp³-hybridized carbons (Fsp3) is 0.154. The number of hydrogen-bond donors (Lipinski definition) is 1. The van der Waals surface area contributed by atoms with Gasteiger partial charge in [-0.25, -0.2) is 4.90 Å². The topological polar surface area (TPSA) is 58.6 Å². The van der Waals surface area contributed by atoms with Crippen molar-refractivity contribution < 1.29 is 14.3 Å². The van der Waals surface area contributed by atoms with Gasteiger partial charge < -0.3 is 10.1 Å². The number of amides is 2. The molecule has 0 bridgehead atoms. The fourth-order valence-electron chi connectivity index (χ4n) is 3.55. The van der Waals surface area contributed by atoms with E-state index in [2.05, 4.69) is 5.32 Å². The van der Waals surface area contributed by atoms with E-state index in [1.807, 2.05) is 75.4 Å². The summed E-state index contributed by atoms with van der Waals surface area (Å²) in [5.74, 6) is -0.0220. The van der Waals surface area contributed by atoms with Crippen LogP contribution in [0.25, 0.3) is 5.57 Å². The first-order valence-corrected chi connectivity index (χ1v) is 10.2. The van der Waals surface area contributed by atoms with Gasteiger partial charge in [0.05, 0.1) is 17.4 Å². The molecular formula is C26H24N2O3. The van der Waals surface area contributed by atoms with Crippen LogP contribution >= 0.6 is 0 Å². The highest BCUT2D eigenvalue weighted by molar-refractivity contribution is 6.46. The van der Waals surface area contributed by atoms with E-state index in [4.69, 9.17) is 4.74 Å². The second-order valence-corrected chi connectivity index (χ2v) is 7.66. The van der Waals surface area contributed by atoms with E-state index < -0.39 is 0 Å². The first-order valence-electron chi connectivity index (χ1n) is 10.2. The summed E-state index contributed by atoms with van der Waals surface area (Å²) in [6.07, 6.45) is 0.0478. The second-order valence-electron chi connectivity index (χ2n) is 7.66. The van der Waals surface area contributed by atoms with Gasteiger partial charge in [0, 0.05) is 5.69 Å². The molecule has 3 aromatic carbocycles. The molecule has 0 saturated carbocycles. The van der Waals surface area contributed by atoms with Gasteiger partial charge >= 0.3 is 0 Å². The molecule has 1 heterocycles. The van der Waals surface area contributed by atoms with Gasteiger partial charge in [-0.1, -0.05) is 48.5 Å². The van der Waals surface area contributed by atoms with Crippen LogP contribution in [0.4, 0.5) is 11.4 Å². The zero-order valence-corrected chi connectivity index (χ0v) is 17.8. The molecule has 0 spiro atoms. The van der Waals surface area contributed by atoms with Crippen molar-refractivity contribution in [3.63, 3.8) is 0 Å². The Bertz CT molecular complexity index is 1150. The van der Waals surface area contributed by atoms with Crippen molar-refractivity contribution in [2.24, 2.45) is 0 Å². The quantitative estimate of drug-likeness (QED) is 0.567. The number of anilines is 2. The molecule has 1 aliphatic heterocycles. The lowest BCUT2D eigenvalue weighted by Gasteiger charge is -2.15. The number of carbonyl (C=O) groups excluding carboxylic acids is 2. The second kappa shape index (κ2) is 8.48. The van der Waals surface area contributed by atoms with Crippen molar-refractivity contribution in [1.29, 1.82) is 0 Å². The van der Waals surface area contributed by atoms with Gasteiger partial charge in [-0.05, 0) is 62.2 Å². The molecule has 0 saturated heterocycles. The van der Waals surface area contributed by atoms with Crippen LogP contribution in [-0.4, -0.2) is 17.9 Å². The molecule has 4 rings (SSSR count). The Morgan fingerprint density at radius 1 is 0.806 bits per heavy atom. The van der Waals surface area contributed by atoms with Crippen LogP contribution in [0.1, 0.15) is 25.0 Å². The maximum atomic E-state index is 13.4. The van der Waals surface area contributed by atoms with Crippen LogP contribution in [0.3, 0.4) is 0 Å². The molecule has 0 radical (unpaired) electrons. The summed E-state index contributed by atoms with van der Waals surface area (Å²) in [5, 5.41) is 3.22. The Balaban J connectivity index is 1.79. The maximum absolute atomic E-state index is 13.4. The summed E-state index contributed by atoms with van der Waals surface area (Å²) >= 11 is 0. The lowest BCUT2D eigenvalue weighted by atomic mass is 10.0. The average molecular weight is 412 g/mol. The first kappa shape index (κ1) is 20.4. The molecule has 2 amide bonds. The van der Waals surface area contributed by atoms with Gasteiger partial charge in [-0.3, -0.25) is 9.59 Å². The van der Waals surface area contributed by atoms with Crippen molar-refractivity contribution in [2.45, 2.75) is 26.9 Å². The molecule has 1 aliphatic rings. The number of para-hydroxylation sites is 2. The smallest absolute Gasteiger partial charge is 0.282 e. The lowest BCUT2D eigenvalue weighted by molar-refractivity contribution is -0.120. The van der Waals surface area contributed by atoms with Gasteiger partial charge in [0.1, 0.15) is 11.4 Å². The highest BCUT2D eigenvalue weighted by Gasteiger charge is 2.40. The molecule has 5 heteroatoms. The van der Waals surface area contributed by atoms with E-state index in [1.165, 1.54) is 4.90 Å². The van der Waals surface area contributed by atoms with Crippen LogP contribution in [-0.2, 0) is 9.59 Å². The van der Waals surface area contributed by atoms with Gasteiger partial charge in [0.2, 0.25) is 0 Å². The first-order chi connectivity index (χ1) is 15.0. The Morgan fingerprint density at radius 3 is 2.10 bits per heavy atom. The number of nitrogens with one attached hydrogen (secondary N) is 1. The standard InChI is InChI=1S/C26H24N2O3/c1-17(2)31-21-15-13-19(14-16-21)23-24(27-22-12-8-7-9-18(22)3)26(30)28(25(23)29)20-10-5-4-6-11-20/h4-17,27H,1-3H3. The van der Waals surface area contributed by atoms with Crippen LogP contribution in [0.15, 0.2) is 84.6 Å². The molecule has 5 nitrogen and oxygen atoms in total. The third-order valence-electron chi connectivity index (χ3n) is 5.02. The normalized spacial score (nSPS) is 13.9. The SMILES string of the molecule is Cc1ccccc1NC1=C(c2ccc(OC(C)C)cc2)C(=O)N(c2ccccc2)C1=O. The molecular weight excluding hydrogens is 388 g/mol. The summed E-state index contributed by atoms with van der Waals surface area (Å²) < 4.78 is 5.71. The van der Waals surface area contributed by atoms with Gasteiger partial charge in [-0.15, -0.1) is 0 Å². The monoisotopic (exact) mass is 412 g/mol. The summed E-state index contributed by atoms with van der Waals surface area (Å²) in [6.45, 7) is 5.87. The predicted molar refractivity (Wildman–Crippen MR) is 123 cm³/mol. The minimum absolute atomic E-state index is 0.0478. The highest BCUT2D eigenvalue weighted by atomic mass is 16.5. The zero-order valence-electron chi connectivity index (χ0n) is 17.8. The minimum Gasteiger partial charge on any atom is -0.491 e. The third-order valence-corrected chi connectivity index (χ3v) is 5.02. The molecule has 3 aromatic rings. The van der Waals surface area contributed by atoms with E-state index in [0.717, 1.165) is 11.3 Å². The molecule has 1 N–H and O–H groups in total. The number of nitrogens with zero attached hydrogens (tertiary/aromatic N) is 1. The number of aryl methyl sites for hydroxylation is 1. The minimum atomic E-state index is -0.378. The molecule has 0 fully saturated rings. The van der Waals surface area contributed by atoms with Crippen molar-refractivity contribution in [1.82, 2.24) is 0 Å². The molecule has 0 atom stereocenters. The molecule has 0 unspecified atom stereocenters. The lowest BCUT2D eigenvalue weighted by Crippen LogP contribution is -2.32. The fourth-order valence-corrected chi connectivity index (χ4v) is 3.55. The van der Waals surface area contributed by atoms with Crippen molar-refractivity contribution in [3.8, 4) is 5.75 Å². The predicted octanol–water partition coefficient (Wildman–Crippen LogP) is 5.18. The number of carbonyl (C=O) groups is 2. The summed E-state index contributed by atoms with van der Waals surface area (Å²) in [4.78, 5) is 28.0. The van der Waals surface area contributed by atoms with Gasteiger partial charge in [0.15, 0.2) is 0 Å². The van der Waals surface area contributed by atoms with Gasteiger partial charge in [0.25, 0.3) is 11.8 Å². The highest BCUT2D eigenvalue weighted by Crippen LogP contribution is 2.34. The number of imide groups is 1. The Morgan fingerprint density at radius 2 is 1.45 bits per heavy atom. The largest absolute Gasteiger partial charge is 0.491 e. The molecule has 0 aromatic heterocycles. The van der Waals surface area contributed by atoms with Crippen LogP contribution in [0, 0.1) is 6.92 Å². The summed E-state index contributed by atoms with van der Waals surface area (Å²) in [5.41, 5.74) is 3.56. The van der Waals surface area contributed by atoms with Gasteiger partial charge in [-0.2, -0.15) is 0 Å². The molecule has 0 aliphatic carbocycles. The van der Waals surface area contributed by atoms with E-state index in [1.54, 1.807) is 24.3 Å². The van der Waals surface area contributed by atoms with Crippen molar-refractivity contribution >= 4 is 28.8 Å². The van der Waals surface area contributed by atoms with E-state index in [0.29, 0.717) is 22.6 Å². The van der Waals surface area contributed by atoms with Crippen LogP contribution in [0.5, 0.6) is 5.75 Å². The van der Waals surface area contributed by atoms with E-state index in [9.17, 15) is 9.59 Å². The maximum Gasteiger partial charge on any atom is 0.282 e. The number of benzene rings is 3. The van der Waals surface area contributed by atoms with Crippen LogP contribution in [0.2, 0.25) is 0 Å². The number of ether oxygens (including phenoxy) is 1. The van der Waals surface area contributed by atoms with E-state index in [-0.39, 0.29) is 23.6 Å². The Labute approximate surface area is 182 Å². The zero-order chi connectivity index (χ0) is 22.0. The third kappa shape index (κ3) is 4.08. The average Bonchev–Trinajstić information content (AvgIpc) is 3.00. The molecule has 31 heavy (non-hydrogen) atoms. The Kier molecular flexibility index (Phi) is 5.58. The number of rotatable bonds is 6. The summed E-state index contributed by atoms with van der Waals surface area (Å²) in [6, 6.07) is 23.9. The van der Waals surface area contributed by atoms with Crippen LogP contribution < -0.4 is 15.0 Å². The van der Waals surface area contributed by atoms with E-state index >= 15 is 0 Å².